The van der Waals surface area contributed by atoms with Gasteiger partial charge in [0.2, 0.25) is 5.91 Å². The molecule has 0 aliphatic rings. The molecule has 0 aliphatic heterocycles. The standard InChI is InChI=1S/C21H23BrN4OS/c1-3-26-19(13-16-7-5-4-6-8-16)24-25-21(26)28-14-20(27)23-15(2)17-9-11-18(22)12-10-17/h4-12,15H,3,13-14H2,1-2H3,(H,23,27)/t15-/m1/s1. The molecular formula is C21H23BrN4OS. The number of hydrogen-bond acceptors (Lipinski definition) is 4. The van der Waals surface area contributed by atoms with Crippen LogP contribution in [0.5, 0.6) is 0 Å². The molecule has 1 atom stereocenters. The summed E-state index contributed by atoms with van der Waals surface area (Å²) in [5, 5.41) is 12.4. The zero-order valence-electron chi connectivity index (χ0n) is 15.9. The lowest BCUT2D eigenvalue weighted by atomic mass is 10.1. The molecule has 1 heterocycles. The van der Waals surface area contributed by atoms with E-state index in [-0.39, 0.29) is 11.9 Å². The zero-order chi connectivity index (χ0) is 19.9. The number of amides is 1. The van der Waals surface area contributed by atoms with E-state index in [1.165, 1.54) is 17.3 Å². The van der Waals surface area contributed by atoms with Crippen molar-refractivity contribution in [1.29, 1.82) is 0 Å². The Morgan fingerprint density at radius 3 is 2.54 bits per heavy atom. The molecule has 2 aromatic carbocycles. The van der Waals surface area contributed by atoms with Gasteiger partial charge < -0.3 is 9.88 Å². The number of hydrogen-bond donors (Lipinski definition) is 1. The summed E-state index contributed by atoms with van der Waals surface area (Å²) in [6.45, 7) is 4.82. The molecule has 3 aromatic rings. The molecule has 0 saturated heterocycles. The number of thioether (sulfide) groups is 1. The van der Waals surface area contributed by atoms with Gasteiger partial charge in [0.1, 0.15) is 5.82 Å². The van der Waals surface area contributed by atoms with E-state index in [9.17, 15) is 4.79 Å². The summed E-state index contributed by atoms with van der Waals surface area (Å²) in [7, 11) is 0. The van der Waals surface area contributed by atoms with E-state index in [1.54, 1.807) is 0 Å². The minimum absolute atomic E-state index is 0.0179. The predicted molar refractivity (Wildman–Crippen MR) is 116 cm³/mol. The van der Waals surface area contributed by atoms with Gasteiger partial charge in [-0.15, -0.1) is 10.2 Å². The van der Waals surface area contributed by atoms with Crippen LogP contribution >= 0.6 is 27.7 Å². The molecule has 7 heteroatoms. The van der Waals surface area contributed by atoms with E-state index >= 15 is 0 Å². The van der Waals surface area contributed by atoms with Gasteiger partial charge in [0.15, 0.2) is 5.16 Å². The summed E-state index contributed by atoms with van der Waals surface area (Å²) < 4.78 is 3.10. The average Bonchev–Trinajstić information content (AvgIpc) is 3.09. The van der Waals surface area contributed by atoms with Crippen LogP contribution in [0.3, 0.4) is 0 Å². The van der Waals surface area contributed by atoms with E-state index in [0.717, 1.165) is 34.0 Å². The molecule has 0 spiro atoms. The molecule has 0 bridgehead atoms. The molecule has 0 saturated carbocycles. The number of carbonyl (C=O) groups is 1. The number of nitrogens with zero attached hydrogens (tertiary/aromatic N) is 3. The maximum atomic E-state index is 12.4. The number of nitrogens with one attached hydrogen (secondary N) is 1. The monoisotopic (exact) mass is 458 g/mol. The largest absolute Gasteiger partial charge is 0.349 e. The third kappa shape index (κ3) is 5.45. The van der Waals surface area contributed by atoms with Crippen LogP contribution in [0.15, 0.2) is 64.2 Å². The maximum Gasteiger partial charge on any atom is 0.230 e. The molecule has 0 radical (unpaired) electrons. The highest BCUT2D eigenvalue weighted by molar-refractivity contribution is 9.10. The fourth-order valence-corrected chi connectivity index (χ4v) is 4.00. The number of carbonyl (C=O) groups excluding carboxylic acids is 1. The maximum absolute atomic E-state index is 12.4. The van der Waals surface area contributed by atoms with Crippen LogP contribution in [-0.2, 0) is 17.8 Å². The minimum Gasteiger partial charge on any atom is -0.349 e. The van der Waals surface area contributed by atoms with E-state index in [4.69, 9.17) is 0 Å². The fourth-order valence-electron chi connectivity index (χ4n) is 2.90. The van der Waals surface area contributed by atoms with Gasteiger partial charge in [0.05, 0.1) is 11.8 Å². The highest BCUT2D eigenvalue weighted by Gasteiger charge is 2.15. The third-order valence-corrected chi connectivity index (χ3v) is 5.89. The lowest BCUT2D eigenvalue weighted by molar-refractivity contribution is -0.119. The van der Waals surface area contributed by atoms with Crippen LogP contribution in [0, 0.1) is 0 Å². The molecule has 0 fully saturated rings. The quantitative estimate of drug-likeness (QED) is 0.500. The third-order valence-electron chi connectivity index (χ3n) is 4.39. The van der Waals surface area contributed by atoms with Gasteiger partial charge in [0.25, 0.3) is 0 Å². The van der Waals surface area contributed by atoms with Crippen molar-refractivity contribution in [2.24, 2.45) is 0 Å². The summed E-state index contributed by atoms with van der Waals surface area (Å²) in [6, 6.07) is 18.1. The summed E-state index contributed by atoms with van der Waals surface area (Å²) >= 11 is 4.85. The van der Waals surface area contributed by atoms with Crippen molar-refractivity contribution in [2.45, 2.75) is 38.0 Å². The first-order valence-electron chi connectivity index (χ1n) is 9.20. The lowest BCUT2D eigenvalue weighted by Gasteiger charge is -2.14. The molecule has 0 aliphatic carbocycles. The molecule has 1 aromatic heterocycles. The molecule has 3 rings (SSSR count). The zero-order valence-corrected chi connectivity index (χ0v) is 18.3. The van der Waals surface area contributed by atoms with Crippen molar-refractivity contribution in [3.05, 3.63) is 76.0 Å². The van der Waals surface area contributed by atoms with Gasteiger partial charge in [-0.2, -0.15) is 0 Å². The number of benzene rings is 2. The second kappa shape index (κ2) is 9.89. The first-order valence-corrected chi connectivity index (χ1v) is 11.0. The Balaban J connectivity index is 1.58. The van der Waals surface area contributed by atoms with Crippen molar-refractivity contribution in [3.8, 4) is 0 Å². The number of halogens is 1. The topological polar surface area (TPSA) is 59.8 Å². The Bertz CT molecular complexity index is 912. The van der Waals surface area contributed by atoms with Crippen LogP contribution in [0.4, 0.5) is 0 Å². The normalized spacial score (nSPS) is 12.0. The summed E-state index contributed by atoms with van der Waals surface area (Å²) in [6.07, 6.45) is 0.731. The number of rotatable bonds is 8. The molecule has 0 unspecified atom stereocenters. The van der Waals surface area contributed by atoms with Crippen LogP contribution in [0.1, 0.15) is 36.8 Å². The van der Waals surface area contributed by atoms with Gasteiger partial charge in [-0.3, -0.25) is 4.79 Å². The molecule has 146 valence electrons. The Hall–Kier alpha value is -2.12. The van der Waals surface area contributed by atoms with E-state index in [0.29, 0.717) is 5.75 Å². The summed E-state index contributed by atoms with van der Waals surface area (Å²) in [5.41, 5.74) is 2.27. The Kier molecular flexibility index (Phi) is 7.28. The van der Waals surface area contributed by atoms with E-state index < -0.39 is 0 Å². The van der Waals surface area contributed by atoms with E-state index in [1.807, 2.05) is 49.4 Å². The van der Waals surface area contributed by atoms with Crippen molar-refractivity contribution >= 4 is 33.6 Å². The minimum atomic E-state index is -0.0427. The molecule has 1 amide bonds. The van der Waals surface area contributed by atoms with Crippen LogP contribution in [0.2, 0.25) is 0 Å². The predicted octanol–water partition coefficient (Wildman–Crippen LogP) is 4.62. The lowest BCUT2D eigenvalue weighted by Crippen LogP contribution is -2.28. The highest BCUT2D eigenvalue weighted by atomic mass is 79.9. The first-order chi connectivity index (χ1) is 13.6. The van der Waals surface area contributed by atoms with Crippen LogP contribution < -0.4 is 5.32 Å². The molecule has 5 nitrogen and oxygen atoms in total. The first kappa shape index (κ1) is 20.6. The summed E-state index contributed by atoms with van der Waals surface area (Å²) in [5.74, 6) is 1.21. The smallest absolute Gasteiger partial charge is 0.230 e. The van der Waals surface area contributed by atoms with Crippen LogP contribution in [0.25, 0.3) is 0 Å². The van der Waals surface area contributed by atoms with Gasteiger partial charge in [0, 0.05) is 17.4 Å². The van der Waals surface area contributed by atoms with Crippen molar-refractivity contribution in [3.63, 3.8) is 0 Å². The Morgan fingerprint density at radius 1 is 1.14 bits per heavy atom. The second-order valence-corrected chi connectivity index (χ2v) is 8.29. The molecule has 1 N–H and O–H groups in total. The number of aromatic nitrogens is 3. The Labute approximate surface area is 178 Å². The SMILES string of the molecule is CCn1c(Cc2ccccc2)nnc1SCC(=O)N[C@H](C)c1ccc(Br)cc1. The molecular weight excluding hydrogens is 436 g/mol. The van der Waals surface area contributed by atoms with Crippen molar-refractivity contribution in [1.82, 2.24) is 20.1 Å². The van der Waals surface area contributed by atoms with Gasteiger partial charge in [-0.25, -0.2) is 0 Å². The van der Waals surface area contributed by atoms with Gasteiger partial charge in [-0.05, 0) is 37.1 Å². The van der Waals surface area contributed by atoms with Crippen molar-refractivity contribution < 1.29 is 4.79 Å². The van der Waals surface area contributed by atoms with Crippen molar-refractivity contribution in [2.75, 3.05) is 5.75 Å². The Morgan fingerprint density at radius 2 is 1.86 bits per heavy atom. The van der Waals surface area contributed by atoms with E-state index in [2.05, 4.69) is 55.1 Å². The van der Waals surface area contributed by atoms with Crippen LogP contribution in [-0.4, -0.2) is 26.4 Å². The average molecular weight is 459 g/mol. The highest BCUT2D eigenvalue weighted by Crippen LogP contribution is 2.20. The molecule has 28 heavy (non-hydrogen) atoms. The summed E-state index contributed by atoms with van der Waals surface area (Å²) in [4.78, 5) is 12.4. The van der Waals surface area contributed by atoms with Gasteiger partial charge >= 0.3 is 0 Å². The van der Waals surface area contributed by atoms with Gasteiger partial charge in [-0.1, -0.05) is 70.2 Å². The second-order valence-electron chi connectivity index (χ2n) is 6.43. The fraction of sp³-hybridized carbons (Fsp3) is 0.286.